The zero-order valence-corrected chi connectivity index (χ0v) is 19.0. The molecule has 2 heterocycles. The van der Waals surface area contributed by atoms with E-state index in [9.17, 15) is 9.90 Å². The second-order valence-electron chi connectivity index (χ2n) is 8.77. The van der Waals surface area contributed by atoms with Crippen LogP contribution in [-0.2, 0) is 6.54 Å². The van der Waals surface area contributed by atoms with Crippen LogP contribution in [0.4, 0.5) is 0 Å². The van der Waals surface area contributed by atoms with E-state index in [4.69, 9.17) is 4.74 Å². The van der Waals surface area contributed by atoms with Crippen LogP contribution in [0.15, 0.2) is 54.7 Å². The molecule has 0 amide bonds. The van der Waals surface area contributed by atoms with Crippen molar-refractivity contribution in [3.63, 3.8) is 0 Å². The highest BCUT2D eigenvalue weighted by atomic mass is 16.5. The summed E-state index contributed by atoms with van der Waals surface area (Å²) in [5.74, 6) is 0.0956. The summed E-state index contributed by atoms with van der Waals surface area (Å²) >= 11 is 0. The van der Waals surface area contributed by atoms with Gasteiger partial charge in [0, 0.05) is 30.2 Å². The molecule has 4 rings (SSSR count). The van der Waals surface area contributed by atoms with Crippen LogP contribution in [0.25, 0.3) is 10.9 Å². The predicted octanol–water partition coefficient (Wildman–Crippen LogP) is 5.79. The van der Waals surface area contributed by atoms with E-state index in [1.807, 2.05) is 6.07 Å². The largest absolute Gasteiger partial charge is 0.491 e. The van der Waals surface area contributed by atoms with Crippen LogP contribution in [-0.4, -0.2) is 46.8 Å². The fourth-order valence-corrected chi connectivity index (χ4v) is 4.84. The van der Waals surface area contributed by atoms with Crippen molar-refractivity contribution in [3.8, 4) is 5.75 Å². The smallest absolute Gasteiger partial charge is 0.339 e. The first kappa shape index (κ1) is 22.4. The third kappa shape index (κ3) is 5.16. The maximum absolute atomic E-state index is 11.3. The molecule has 3 aromatic rings. The van der Waals surface area contributed by atoms with Crippen molar-refractivity contribution in [1.29, 1.82) is 0 Å². The minimum Gasteiger partial charge on any atom is -0.491 e. The van der Waals surface area contributed by atoms with Crippen LogP contribution < -0.4 is 4.74 Å². The molecule has 1 N–H and O–H groups in total. The van der Waals surface area contributed by atoms with E-state index in [-0.39, 0.29) is 5.56 Å². The number of carboxylic acids is 1. The summed E-state index contributed by atoms with van der Waals surface area (Å²) in [5, 5.41) is 10.7. The van der Waals surface area contributed by atoms with Crippen molar-refractivity contribution in [2.24, 2.45) is 0 Å². The molecule has 0 bridgehead atoms. The van der Waals surface area contributed by atoms with Gasteiger partial charge in [0.25, 0.3) is 0 Å². The predicted molar refractivity (Wildman–Crippen MR) is 129 cm³/mol. The molecule has 5 nitrogen and oxygen atoms in total. The Morgan fingerprint density at radius 1 is 1.03 bits per heavy atom. The van der Waals surface area contributed by atoms with E-state index in [0.29, 0.717) is 18.3 Å². The second kappa shape index (κ2) is 10.7. The summed E-state index contributed by atoms with van der Waals surface area (Å²) in [4.78, 5) is 13.8. The van der Waals surface area contributed by atoms with Gasteiger partial charge in [0.15, 0.2) is 0 Å². The van der Waals surface area contributed by atoms with Gasteiger partial charge < -0.3 is 14.4 Å². The Morgan fingerprint density at radius 3 is 2.56 bits per heavy atom. The van der Waals surface area contributed by atoms with Gasteiger partial charge in [-0.05, 0) is 62.0 Å². The maximum Gasteiger partial charge on any atom is 0.339 e. The summed E-state index contributed by atoms with van der Waals surface area (Å²) in [7, 11) is 0. The Kier molecular flexibility index (Phi) is 7.48. The summed E-state index contributed by atoms with van der Waals surface area (Å²) in [6.45, 7) is 6.77. The Balaban J connectivity index is 1.33. The van der Waals surface area contributed by atoms with Crippen LogP contribution in [0.3, 0.4) is 0 Å². The molecule has 2 aromatic carbocycles. The molecule has 0 aliphatic carbocycles. The van der Waals surface area contributed by atoms with Crippen molar-refractivity contribution >= 4 is 16.9 Å². The number of carbonyl (C=O) groups is 1. The van der Waals surface area contributed by atoms with E-state index in [1.165, 1.54) is 35.7 Å². The van der Waals surface area contributed by atoms with Gasteiger partial charge in [-0.2, -0.15) is 0 Å². The molecule has 1 aromatic heterocycles. The highest BCUT2D eigenvalue weighted by Gasteiger charge is 2.23. The molecule has 0 atom stereocenters. The number of carboxylic acid groups (broad SMARTS) is 1. The SMILES string of the molecule is CCCCCn1cc(C2CCN(CCOc3ccccc3C(=O)O)CC2)c2ccccc21. The number of benzene rings is 2. The number of nitrogens with zero attached hydrogens (tertiary/aromatic N) is 2. The first-order valence-corrected chi connectivity index (χ1v) is 11.9. The van der Waals surface area contributed by atoms with Gasteiger partial charge in [0.1, 0.15) is 17.9 Å². The topological polar surface area (TPSA) is 54.7 Å². The molecule has 5 heteroatoms. The second-order valence-corrected chi connectivity index (χ2v) is 8.77. The average molecular weight is 435 g/mol. The molecule has 32 heavy (non-hydrogen) atoms. The number of piperidine rings is 1. The Labute approximate surface area is 190 Å². The Morgan fingerprint density at radius 2 is 1.78 bits per heavy atom. The van der Waals surface area contributed by atoms with Gasteiger partial charge in [0.05, 0.1) is 0 Å². The minimum atomic E-state index is -0.949. The number of fused-ring (bicyclic) bond motifs is 1. The highest BCUT2D eigenvalue weighted by Crippen LogP contribution is 2.34. The Hall–Kier alpha value is -2.79. The average Bonchev–Trinajstić information content (AvgIpc) is 3.19. The zero-order chi connectivity index (χ0) is 22.3. The zero-order valence-electron chi connectivity index (χ0n) is 19.0. The molecule has 1 aliphatic heterocycles. The van der Waals surface area contributed by atoms with Gasteiger partial charge in [0.2, 0.25) is 0 Å². The van der Waals surface area contributed by atoms with E-state index >= 15 is 0 Å². The lowest BCUT2D eigenvalue weighted by molar-refractivity contribution is 0.0691. The van der Waals surface area contributed by atoms with Crippen molar-refractivity contribution in [1.82, 2.24) is 9.47 Å². The number of likely N-dealkylation sites (tertiary alicyclic amines) is 1. The van der Waals surface area contributed by atoms with Crippen LogP contribution >= 0.6 is 0 Å². The van der Waals surface area contributed by atoms with E-state index in [1.54, 1.807) is 18.2 Å². The molecule has 1 aliphatic rings. The first-order valence-electron chi connectivity index (χ1n) is 11.9. The molecule has 0 unspecified atom stereocenters. The number of hydrogen-bond donors (Lipinski definition) is 1. The minimum absolute atomic E-state index is 0.224. The van der Waals surface area contributed by atoms with Gasteiger partial charge in [-0.25, -0.2) is 4.79 Å². The fraction of sp³-hybridized carbons (Fsp3) is 0.444. The lowest BCUT2D eigenvalue weighted by Gasteiger charge is -2.31. The number of aromatic carboxylic acids is 1. The van der Waals surface area contributed by atoms with Crippen molar-refractivity contribution < 1.29 is 14.6 Å². The summed E-state index contributed by atoms with van der Waals surface area (Å²) in [5.41, 5.74) is 3.09. The first-order chi connectivity index (χ1) is 15.7. The lowest BCUT2D eigenvalue weighted by Crippen LogP contribution is -2.35. The number of para-hydroxylation sites is 2. The van der Waals surface area contributed by atoms with Gasteiger partial charge in [-0.3, -0.25) is 4.90 Å². The summed E-state index contributed by atoms with van der Waals surface area (Å²) in [6, 6.07) is 15.7. The van der Waals surface area contributed by atoms with E-state index < -0.39 is 5.97 Å². The lowest BCUT2D eigenvalue weighted by atomic mass is 9.89. The van der Waals surface area contributed by atoms with Crippen molar-refractivity contribution in [2.75, 3.05) is 26.2 Å². The molecular weight excluding hydrogens is 400 g/mol. The molecule has 1 fully saturated rings. The molecule has 1 saturated heterocycles. The van der Waals surface area contributed by atoms with Crippen LogP contribution in [0.1, 0.15) is 60.9 Å². The number of ether oxygens (including phenoxy) is 1. The van der Waals surface area contributed by atoms with Crippen LogP contribution in [0, 0.1) is 0 Å². The van der Waals surface area contributed by atoms with Crippen molar-refractivity contribution in [2.45, 2.75) is 51.5 Å². The van der Waals surface area contributed by atoms with Crippen LogP contribution in [0.2, 0.25) is 0 Å². The van der Waals surface area contributed by atoms with Crippen molar-refractivity contribution in [3.05, 3.63) is 65.9 Å². The van der Waals surface area contributed by atoms with Crippen LogP contribution in [0.5, 0.6) is 5.75 Å². The number of aryl methyl sites for hydroxylation is 1. The number of hydrogen-bond acceptors (Lipinski definition) is 3. The third-order valence-corrected chi connectivity index (χ3v) is 6.63. The normalized spacial score (nSPS) is 15.3. The highest BCUT2D eigenvalue weighted by molar-refractivity contribution is 5.90. The molecule has 0 saturated carbocycles. The summed E-state index contributed by atoms with van der Waals surface area (Å²) < 4.78 is 8.25. The van der Waals surface area contributed by atoms with Gasteiger partial charge in [-0.1, -0.05) is 50.1 Å². The Bertz CT molecular complexity index is 1030. The summed E-state index contributed by atoms with van der Waals surface area (Å²) in [6.07, 6.45) is 8.46. The standard InChI is InChI=1S/C27H34N2O3/c1-2-3-8-15-29-20-24(22-9-4-6-11-25(22)29)21-13-16-28(17-14-21)18-19-32-26-12-7-5-10-23(26)27(30)31/h4-7,9-12,20-21H,2-3,8,13-19H2,1H3,(H,30,31). The van der Waals surface area contributed by atoms with E-state index in [2.05, 4.69) is 46.9 Å². The molecule has 0 spiro atoms. The van der Waals surface area contributed by atoms with Gasteiger partial charge >= 0.3 is 5.97 Å². The third-order valence-electron chi connectivity index (χ3n) is 6.63. The quantitative estimate of drug-likeness (QED) is 0.411. The number of rotatable bonds is 10. The number of aromatic nitrogens is 1. The molecular formula is C27H34N2O3. The maximum atomic E-state index is 11.3. The van der Waals surface area contributed by atoms with E-state index in [0.717, 1.165) is 39.0 Å². The molecule has 170 valence electrons. The number of unbranched alkanes of at least 4 members (excludes halogenated alkanes) is 2. The fourth-order valence-electron chi connectivity index (χ4n) is 4.84. The van der Waals surface area contributed by atoms with Gasteiger partial charge in [-0.15, -0.1) is 0 Å². The monoisotopic (exact) mass is 434 g/mol. The molecule has 0 radical (unpaired) electrons.